The van der Waals surface area contributed by atoms with E-state index >= 15 is 0 Å². The summed E-state index contributed by atoms with van der Waals surface area (Å²) in [5, 5.41) is 18.5. The highest BCUT2D eigenvalue weighted by molar-refractivity contribution is 6.17. The van der Waals surface area contributed by atoms with Crippen LogP contribution in [0.2, 0.25) is 0 Å². The molecular formula is C27H16BN2O2. The minimum absolute atomic E-state index is 0.523. The van der Waals surface area contributed by atoms with Gasteiger partial charge in [-0.25, -0.2) is 4.85 Å². The average Bonchev–Trinajstić information content (AvgIpc) is 3.15. The second kappa shape index (κ2) is 7.74. The van der Waals surface area contributed by atoms with E-state index in [0.29, 0.717) is 24.7 Å². The molecule has 5 heteroatoms. The van der Waals surface area contributed by atoms with E-state index in [2.05, 4.69) is 23.0 Å². The van der Waals surface area contributed by atoms with Crippen molar-refractivity contribution in [1.82, 2.24) is 0 Å². The van der Waals surface area contributed by atoms with Gasteiger partial charge in [0.1, 0.15) is 5.75 Å². The van der Waals surface area contributed by atoms with Gasteiger partial charge in [0.15, 0.2) is 5.69 Å². The van der Waals surface area contributed by atoms with Gasteiger partial charge in [-0.15, -0.1) is 0 Å². The Kier molecular flexibility index (Phi) is 4.75. The first kappa shape index (κ1) is 19.6. The lowest BCUT2D eigenvalue weighted by atomic mass is 9.67. The maximum Gasteiger partial charge on any atom is 0.569 e. The summed E-state index contributed by atoms with van der Waals surface area (Å²) in [4.78, 5) is 3.55. The minimum atomic E-state index is -0.671. The molecule has 32 heavy (non-hydrogen) atoms. The number of hydrogen-bond acceptors (Lipinski definition) is 3. The number of benzene rings is 4. The summed E-state index contributed by atoms with van der Waals surface area (Å²) in [7, 11) is 0.678. The van der Waals surface area contributed by atoms with Gasteiger partial charge in [-0.1, -0.05) is 66.7 Å². The smallest absolute Gasteiger partial charge is 0.537 e. The summed E-state index contributed by atoms with van der Waals surface area (Å²) >= 11 is 0. The van der Waals surface area contributed by atoms with Gasteiger partial charge in [0.05, 0.1) is 23.6 Å². The summed E-state index contributed by atoms with van der Waals surface area (Å²) in [6.45, 7) is 7.34. The van der Waals surface area contributed by atoms with Gasteiger partial charge in [0, 0.05) is 0 Å². The van der Waals surface area contributed by atoms with Crippen molar-refractivity contribution in [3.8, 4) is 22.9 Å². The number of nitriles is 1. The zero-order valence-electron chi connectivity index (χ0n) is 17.0. The Morgan fingerprint density at radius 1 is 0.844 bits per heavy atom. The molecule has 0 heterocycles. The Bertz CT molecular complexity index is 1340. The fourth-order valence-corrected chi connectivity index (χ4v) is 4.76. The Morgan fingerprint density at radius 2 is 1.50 bits per heavy atom. The van der Waals surface area contributed by atoms with Crippen molar-refractivity contribution in [2.45, 2.75) is 5.41 Å². The third kappa shape index (κ3) is 2.81. The maximum absolute atomic E-state index is 9.32. The number of nitrogens with zero attached hydrogens (tertiary/aromatic N) is 2. The molecule has 1 aliphatic rings. The van der Waals surface area contributed by atoms with Crippen LogP contribution >= 0.6 is 0 Å². The minimum Gasteiger partial charge on any atom is -0.537 e. The van der Waals surface area contributed by atoms with Crippen LogP contribution in [-0.2, 0) is 5.41 Å². The first-order chi connectivity index (χ1) is 15.7. The molecule has 0 saturated carbocycles. The predicted octanol–water partition coefficient (Wildman–Crippen LogP) is 5.38. The third-order valence-electron chi connectivity index (χ3n) is 6.08. The second-order valence-corrected chi connectivity index (χ2v) is 7.57. The molecule has 4 nitrogen and oxygen atoms in total. The molecular weight excluding hydrogens is 395 g/mol. The zero-order valence-corrected chi connectivity index (χ0v) is 17.0. The Morgan fingerprint density at radius 3 is 2.16 bits per heavy atom. The molecule has 1 N–H and O–H groups in total. The van der Waals surface area contributed by atoms with E-state index in [1.54, 1.807) is 0 Å². The molecule has 0 bridgehead atoms. The number of rotatable bonds is 4. The van der Waals surface area contributed by atoms with Crippen molar-refractivity contribution >= 4 is 13.4 Å². The van der Waals surface area contributed by atoms with Gasteiger partial charge in [-0.2, -0.15) is 5.26 Å². The Labute approximate surface area is 187 Å². The molecule has 1 aliphatic carbocycles. The molecule has 4 aromatic carbocycles. The van der Waals surface area contributed by atoms with Crippen molar-refractivity contribution in [3.05, 3.63) is 130 Å². The summed E-state index contributed by atoms with van der Waals surface area (Å²) in [5.41, 5.74) is 6.81. The lowest BCUT2D eigenvalue weighted by Crippen LogP contribution is -2.28. The molecule has 5 rings (SSSR count). The second-order valence-electron chi connectivity index (χ2n) is 7.57. The van der Waals surface area contributed by atoms with Crippen LogP contribution < -0.4 is 4.65 Å². The van der Waals surface area contributed by atoms with E-state index < -0.39 is 5.41 Å². The van der Waals surface area contributed by atoms with Crippen molar-refractivity contribution in [3.63, 3.8) is 0 Å². The van der Waals surface area contributed by atoms with Crippen molar-refractivity contribution in [2.24, 2.45) is 0 Å². The monoisotopic (exact) mass is 411 g/mol. The van der Waals surface area contributed by atoms with Crippen LogP contribution in [0.5, 0.6) is 5.75 Å². The fourth-order valence-electron chi connectivity index (χ4n) is 4.76. The van der Waals surface area contributed by atoms with E-state index in [4.69, 9.17) is 11.2 Å². The first-order valence-electron chi connectivity index (χ1n) is 10.1. The van der Waals surface area contributed by atoms with Crippen LogP contribution in [0.15, 0.2) is 91.0 Å². The highest BCUT2D eigenvalue weighted by atomic mass is 16.5. The van der Waals surface area contributed by atoms with E-state index in [9.17, 15) is 10.3 Å². The highest BCUT2D eigenvalue weighted by Gasteiger charge is 2.46. The van der Waals surface area contributed by atoms with Crippen LogP contribution in [0.4, 0.5) is 5.69 Å². The number of fused-ring (bicyclic) bond motifs is 3. The summed E-state index contributed by atoms with van der Waals surface area (Å²) in [5.74, 6) is 0.523. The third-order valence-corrected chi connectivity index (χ3v) is 6.08. The van der Waals surface area contributed by atoms with Crippen LogP contribution in [0.1, 0.15) is 27.8 Å². The summed E-state index contributed by atoms with van der Waals surface area (Å²) in [6, 6.07) is 31.5. The fraction of sp³-hybridized carbons (Fsp3) is 0.0370. The van der Waals surface area contributed by atoms with Gasteiger partial charge in [-0.05, 0) is 57.6 Å². The van der Waals surface area contributed by atoms with Crippen molar-refractivity contribution in [2.75, 3.05) is 0 Å². The van der Waals surface area contributed by atoms with E-state index in [1.165, 1.54) is 0 Å². The van der Waals surface area contributed by atoms with Gasteiger partial charge >= 0.3 is 7.69 Å². The SMILES string of the molecule is [C-]#[N+]c1ccc(C2(c3ccc(C#N)cc3)c3ccccc3-c3ccc(O[B]O)cc32)cc1. The molecule has 0 amide bonds. The van der Waals surface area contributed by atoms with Crippen LogP contribution in [0.3, 0.4) is 0 Å². The molecule has 0 fully saturated rings. The van der Waals surface area contributed by atoms with Crippen LogP contribution in [0.25, 0.3) is 16.0 Å². The topological polar surface area (TPSA) is 57.6 Å². The van der Waals surface area contributed by atoms with E-state index in [0.717, 1.165) is 33.4 Å². The van der Waals surface area contributed by atoms with Gasteiger partial charge in [-0.3, -0.25) is 0 Å². The molecule has 0 aliphatic heterocycles. The zero-order chi connectivity index (χ0) is 22.1. The van der Waals surface area contributed by atoms with E-state index in [1.807, 2.05) is 78.9 Å². The maximum atomic E-state index is 9.32. The standard InChI is InChI=1S/C27H16BN2O2/c1-30-21-12-10-20(11-13-21)27(19-8-6-18(17-29)7-9-19)25-5-3-2-4-23(25)24-15-14-22(32-28-31)16-26(24)27/h2-16,31H. The Balaban J connectivity index is 1.90. The predicted molar refractivity (Wildman–Crippen MR) is 123 cm³/mol. The lowest BCUT2D eigenvalue weighted by Gasteiger charge is -2.34. The molecule has 1 atom stereocenters. The summed E-state index contributed by atoms with van der Waals surface area (Å²) in [6.07, 6.45) is 0. The largest absolute Gasteiger partial charge is 0.569 e. The number of hydrogen-bond donors (Lipinski definition) is 1. The normalized spacial score (nSPS) is 15.7. The first-order valence-corrected chi connectivity index (χ1v) is 10.1. The van der Waals surface area contributed by atoms with Crippen molar-refractivity contribution in [1.29, 1.82) is 5.26 Å². The molecule has 0 spiro atoms. The van der Waals surface area contributed by atoms with E-state index in [-0.39, 0.29) is 0 Å². The van der Waals surface area contributed by atoms with Crippen LogP contribution in [-0.4, -0.2) is 12.7 Å². The van der Waals surface area contributed by atoms with Crippen molar-refractivity contribution < 1.29 is 9.68 Å². The molecule has 1 unspecified atom stereocenters. The molecule has 1 radical (unpaired) electrons. The van der Waals surface area contributed by atoms with Crippen LogP contribution in [0, 0.1) is 17.9 Å². The quantitative estimate of drug-likeness (QED) is 0.319. The summed E-state index contributed by atoms with van der Waals surface area (Å²) < 4.78 is 5.32. The average molecular weight is 411 g/mol. The van der Waals surface area contributed by atoms with Gasteiger partial charge in [0.25, 0.3) is 0 Å². The molecule has 4 aromatic rings. The van der Waals surface area contributed by atoms with Gasteiger partial charge < -0.3 is 9.68 Å². The molecule has 0 aromatic heterocycles. The molecule has 0 saturated heterocycles. The highest BCUT2D eigenvalue weighted by Crippen LogP contribution is 2.56. The molecule has 149 valence electrons. The van der Waals surface area contributed by atoms with Gasteiger partial charge in [0.2, 0.25) is 0 Å². The lowest BCUT2D eigenvalue weighted by molar-refractivity contribution is 0.453. The Hall–Kier alpha value is -4.32.